The number of amides is 1. The molecule has 1 aliphatic rings. The number of benzene rings is 1. The number of hydrogen-bond acceptors (Lipinski definition) is 5. The number of rotatable bonds is 8. The molecule has 0 spiro atoms. The van der Waals surface area contributed by atoms with Crippen LogP contribution in [0.4, 0.5) is 5.69 Å². The van der Waals surface area contributed by atoms with Crippen LogP contribution in [0.1, 0.15) is 54.9 Å². The first-order valence-electron chi connectivity index (χ1n) is 9.11. The molecule has 144 valence electrons. The van der Waals surface area contributed by atoms with E-state index in [2.05, 4.69) is 5.32 Å². The lowest BCUT2D eigenvalue weighted by Gasteiger charge is -2.23. The molecule has 2 rings (SSSR count). The number of ketones is 1. The fraction of sp³-hybridized carbons (Fsp3) is 0.600. The Morgan fingerprint density at radius 1 is 1.15 bits per heavy atom. The van der Waals surface area contributed by atoms with Crippen LogP contribution in [0.5, 0.6) is 5.75 Å². The second kappa shape index (κ2) is 9.69. The van der Waals surface area contributed by atoms with Crippen LogP contribution in [-0.4, -0.2) is 38.8 Å². The molecule has 1 aliphatic carbocycles. The van der Waals surface area contributed by atoms with Gasteiger partial charge >= 0.3 is 0 Å². The summed E-state index contributed by atoms with van der Waals surface area (Å²) >= 11 is 0. The summed E-state index contributed by atoms with van der Waals surface area (Å²) in [6, 6.07) is 3.43. The Kier molecular flexibility index (Phi) is 7.60. The summed E-state index contributed by atoms with van der Waals surface area (Å²) in [5.41, 5.74) is 1.76. The zero-order chi connectivity index (χ0) is 19.1. The number of Topliss-reactive ketones (excluding diaryl/α,β-unsaturated/α-hetero) is 1. The number of ether oxygens (including phenoxy) is 3. The van der Waals surface area contributed by atoms with Crippen molar-refractivity contribution in [2.75, 3.05) is 26.1 Å². The summed E-state index contributed by atoms with van der Waals surface area (Å²) in [7, 11) is 3.08. The number of anilines is 1. The van der Waals surface area contributed by atoms with E-state index in [1.54, 1.807) is 26.4 Å². The summed E-state index contributed by atoms with van der Waals surface area (Å²) in [6.07, 6.45) is 4.66. The van der Waals surface area contributed by atoms with E-state index in [1.807, 2.05) is 6.92 Å². The van der Waals surface area contributed by atoms with Crippen LogP contribution in [0.15, 0.2) is 12.1 Å². The van der Waals surface area contributed by atoms with Crippen LogP contribution in [0.3, 0.4) is 0 Å². The first kappa shape index (κ1) is 20.4. The fourth-order valence-corrected chi connectivity index (χ4v) is 3.28. The van der Waals surface area contributed by atoms with Crippen LogP contribution in [0.2, 0.25) is 0 Å². The Bertz CT molecular complexity index is 633. The molecule has 6 heteroatoms. The number of hydrogen-bond donors (Lipinski definition) is 1. The highest BCUT2D eigenvalue weighted by atomic mass is 16.7. The van der Waals surface area contributed by atoms with Gasteiger partial charge in [0, 0.05) is 31.3 Å². The molecule has 1 fully saturated rings. The summed E-state index contributed by atoms with van der Waals surface area (Å²) in [4.78, 5) is 24.7. The molecule has 1 N–H and O–H groups in total. The molecule has 26 heavy (non-hydrogen) atoms. The van der Waals surface area contributed by atoms with Gasteiger partial charge in [-0.3, -0.25) is 9.59 Å². The Labute approximate surface area is 155 Å². The Morgan fingerprint density at radius 3 is 2.38 bits per heavy atom. The van der Waals surface area contributed by atoms with Gasteiger partial charge < -0.3 is 19.5 Å². The molecule has 1 amide bonds. The van der Waals surface area contributed by atoms with Crippen molar-refractivity contribution < 1.29 is 23.8 Å². The second-order valence-corrected chi connectivity index (χ2v) is 6.70. The molecule has 0 heterocycles. The van der Waals surface area contributed by atoms with E-state index < -0.39 is 6.29 Å². The van der Waals surface area contributed by atoms with Crippen LogP contribution in [0, 0.1) is 12.8 Å². The van der Waals surface area contributed by atoms with Gasteiger partial charge in [-0.1, -0.05) is 19.3 Å². The highest BCUT2D eigenvalue weighted by molar-refractivity contribution is 6.05. The molecule has 0 saturated heterocycles. The lowest BCUT2D eigenvalue weighted by molar-refractivity contribution is -0.122. The predicted octanol–water partition coefficient (Wildman–Crippen LogP) is 3.71. The molecule has 0 aromatic heterocycles. The molecule has 1 saturated carbocycles. The number of carbonyl (C=O) groups is 2. The van der Waals surface area contributed by atoms with Crippen molar-refractivity contribution in [2.45, 2.75) is 52.2 Å². The van der Waals surface area contributed by atoms with Gasteiger partial charge in [-0.2, -0.15) is 0 Å². The van der Waals surface area contributed by atoms with Gasteiger partial charge in [0.1, 0.15) is 12.4 Å². The van der Waals surface area contributed by atoms with E-state index in [1.165, 1.54) is 13.3 Å². The molecule has 0 radical (unpaired) electrons. The maximum absolute atomic E-state index is 12.7. The molecule has 0 bridgehead atoms. The number of nitrogens with one attached hydrogen (secondary N) is 1. The second-order valence-electron chi connectivity index (χ2n) is 6.70. The SMILES string of the molecule is COC(COc1ccc(C(C)=O)c(NC(=O)C2CCCCC2)c1C)OC. The van der Waals surface area contributed by atoms with Crippen molar-refractivity contribution in [1.29, 1.82) is 0 Å². The van der Waals surface area contributed by atoms with Crippen molar-refractivity contribution in [3.63, 3.8) is 0 Å². The Balaban J connectivity index is 2.22. The topological polar surface area (TPSA) is 73.9 Å². The van der Waals surface area contributed by atoms with Crippen LogP contribution < -0.4 is 10.1 Å². The largest absolute Gasteiger partial charge is 0.488 e. The zero-order valence-corrected chi connectivity index (χ0v) is 16.1. The average Bonchev–Trinajstić information content (AvgIpc) is 2.65. The number of methoxy groups -OCH3 is 2. The van der Waals surface area contributed by atoms with Crippen molar-refractivity contribution in [3.8, 4) is 5.75 Å². The van der Waals surface area contributed by atoms with Gasteiger partial charge in [-0.05, 0) is 38.8 Å². The van der Waals surface area contributed by atoms with E-state index in [4.69, 9.17) is 14.2 Å². The van der Waals surface area contributed by atoms with E-state index in [0.29, 0.717) is 17.0 Å². The first-order valence-corrected chi connectivity index (χ1v) is 9.11. The third-order valence-electron chi connectivity index (χ3n) is 4.92. The Hall–Kier alpha value is -1.92. The summed E-state index contributed by atoms with van der Waals surface area (Å²) in [6.45, 7) is 3.55. The molecular formula is C20H29NO5. The third kappa shape index (κ3) is 5.05. The van der Waals surface area contributed by atoms with Gasteiger partial charge in [0.15, 0.2) is 12.1 Å². The number of carbonyl (C=O) groups excluding carboxylic acids is 2. The van der Waals surface area contributed by atoms with Gasteiger partial charge in [0.2, 0.25) is 5.91 Å². The maximum Gasteiger partial charge on any atom is 0.227 e. The summed E-state index contributed by atoms with van der Waals surface area (Å²) in [5.74, 6) is 0.497. The van der Waals surface area contributed by atoms with Gasteiger partial charge in [-0.15, -0.1) is 0 Å². The Morgan fingerprint density at radius 2 is 1.81 bits per heavy atom. The van der Waals surface area contributed by atoms with Crippen molar-refractivity contribution in [2.24, 2.45) is 5.92 Å². The smallest absolute Gasteiger partial charge is 0.227 e. The monoisotopic (exact) mass is 363 g/mol. The van der Waals surface area contributed by atoms with E-state index in [9.17, 15) is 9.59 Å². The molecular weight excluding hydrogens is 334 g/mol. The average molecular weight is 363 g/mol. The van der Waals surface area contributed by atoms with E-state index in [-0.39, 0.29) is 24.2 Å². The van der Waals surface area contributed by atoms with Gasteiger partial charge in [0.25, 0.3) is 0 Å². The highest BCUT2D eigenvalue weighted by Gasteiger charge is 2.24. The van der Waals surface area contributed by atoms with Crippen LogP contribution >= 0.6 is 0 Å². The van der Waals surface area contributed by atoms with Gasteiger partial charge in [0.05, 0.1) is 5.69 Å². The maximum atomic E-state index is 12.7. The lowest BCUT2D eigenvalue weighted by atomic mass is 9.88. The molecule has 6 nitrogen and oxygen atoms in total. The van der Waals surface area contributed by atoms with Crippen LogP contribution in [-0.2, 0) is 14.3 Å². The third-order valence-corrected chi connectivity index (χ3v) is 4.92. The normalized spacial score (nSPS) is 15.1. The predicted molar refractivity (Wildman–Crippen MR) is 99.7 cm³/mol. The van der Waals surface area contributed by atoms with E-state index in [0.717, 1.165) is 31.2 Å². The van der Waals surface area contributed by atoms with Crippen LogP contribution in [0.25, 0.3) is 0 Å². The molecule has 1 aromatic rings. The first-order chi connectivity index (χ1) is 12.5. The molecule has 0 atom stereocenters. The molecule has 0 unspecified atom stereocenters. The molecule has 0 aliphatic heterocycles. The van der Waals surface area contributed by atoms with Crippen molar-refractivity contribution >= 4 is 17.4 Å². The van der Waals surface area contributed by atoms with Gasteiger partial charge in [-0.25, -0.2) is 0 Å². The summed E-state index contributed by atoms with van der Waals surface area (Å²) < 4.78 is 16.0. The lowest BCUT2D eigenvalue weighted by Crippen LogP contribution is -2.26. The minimum absolute atomic E-state index is 0.0129. The van der Waals surface area contributed by atoms with E-state index >= 15 is 0 Å². The fourth-order valence-electron chi connectivity index (χ4n) is 3.28. The van der Waals surface area contributed by atoms with Crippen molar-refractivity contribution in [3.05, 3.63) is 23.3 Å². The van der Waals surface area contributed by atoms with Crippen molar-refractivity contribution in [1.82, 2.24) is 0 Å². The zero-order valence-electron chi connectivity index (χ0n) is 16.1. The summed E-state index contributed by atoms with van der Waals surface area (Å²) in [5, 5.41) is 2.98. The standard InChI is InChI=1S/C20H29NO5/c1-13-17(26-12-18(24-3)25-4)11-10-16(14(2)22)19(13)21-20(23)15-8-6-5-7-9-15/h10-11,15,18H,5-9,12H2,1-4H3,(H,21,23). The minimum atomic E-state index is -0.484. The molecule has 1 aromatic carbocycles. The quantitative estimate of drug-likeness (QED) is 0.563. The highest BCUT2D eigenvalue weighted by Crippen LogP contribution is 2.32. The minimum Gasteiger partial charge on any atom is -0.488 e.